The quantitative estimate of drug-likeness (QED) is 0.819. The SMILES string of the molecule is O=C(O)CN(CC(=O)N1CCN(C(=O)C2CC2)CC1)c1ccccc1. The molecule has 1 N–H and O–H groups in total. The molecule has 2 aliphatic rings. The topological polar surface area (TPSA) is 81.2 Å². The van der Waals surface area contributed by atoms with Crippen LogP contribution in [-0.4, -0.2) is 72.0 Å². The predicted octanol–water partition coefficient (Wildman–Crippen LogP) is 0.658. The second-order valence-electron chi connectivity index (χ2n) is 6.57. The number of carboxylic acids is 1. The Hall–Kier alpha value is -2.57. The minimum atomic E-state index is -0.975. The summed E-state index contributed by atoms with van der Waals surface area (Å²) in [5, 5.41) is 9.11. The molecule has 1 heterocycles. The molecule has 2 amide bonds. The third-order valence-electron chi connectivity index (χ3n) is 4.64. The molecular formula is C18H23N3O4. The number of nitrogens with zero attached hydrogens (tertiary/aromatic N) is 3. The Balaban J connectivity index is 1.56. The molecular weight excluding hydrogens is 322 g/mol. The first-order valence-corrected chi connectivity index (χ1v) is 8.63. The van der Waals surface area contributed by atoms with Crippen LogP contribution >= 0.6 is 0 Å². The highest BCUT2D eigenvalue weighted by atomic mass is 16.4. The van der Waals surface area contributed by atoms with E-state index in [4.69, 9.17) is 5.11 Å². The molecule has 0 bridgehead atoms. The van der Waals surface area contributed by atoms with Gasteiger partial charge in [0, 0.05) is 37.8 Å². The highest BCUT2D eigenvalue weighted by molar-refractivity contribution is 5.85. The number of amides is 2. The maximum Gasteiger partial charge on any atom is 0.323 e. The molecule has 0 spiro atoms. The number of aliphatic carboxylic acids is 1. The molecule has 1 aliphatic carbocycles. The van der Waals surface area contributed by atoms with Crippen LogP contribution in [0.1, 0.15) is 12.8 Å². The van der Waals surface area contributed by atoms with Crippen LogP contribution in [0.25, 0.3) is 0 Å². The molecule has 0 aromatic heterocycles. The van der Waals surface area contributed by atoms with Crippen LogP contribution in [0.15, 0.2) is 30.3 Å². The standard InChI is InChI=1S/C18H23N3O4/c22-16(12-21(13-17(23)24)15-4-2-1-3-5-15)19-8-10-20(11-9-19)18(25)14-6-7-14/h1-5,14H,6-13H2,(H,23,24). The zero-order valence-electron chi connectivity index (χ0n) is 14.1. The average Bonchev–Trinajstić information content (AvgIpc) is 3.46. The van der Waals surface area contributed by atoms with E-state index in [9.17, 15) is 14.4 Å². The van der Waals surface area contributed by atoms with Crippen molar-refractivity contribution in [2.75, 3.05) is 44.2 Å². The van der Waals surface area contributed by atoms with Gasteiger partial charge in [0.05, 0.1) is 6.54 Å². The third kappa shape index (κ3) is 4.49. The number of para-hydroxylation sites is 1. The third-order valence-corrected chi connectivity index (χ3v) is 4.64. The van der Waals surface area contributed by atoms with E-state index >= 15 is 0 Å². The van der Waals surface area contributed by atoms with E-state index in [2.05, 4.69) is 0 Å². The van der Waals surface area contributed by atoms with Crippen molar-refractivity contribution in [3.05, 3.63) is 30.3 Å². The van der Waals surface area contributed by atoms with Gasteiger partial charge >= 0.3 is 5.97 Å². The fraction of sp³-hybridized carbons (Fsp3) is 0.500. The molecule has 1 saturated carbocycles. The number of piperazine rings is 1. The monoisotopic (exact) mass is 345 g/mol. The van der Waals surface area contributed by atoms with Crippen molar-refractivity contribution < 1.29 is 19.5 Å². The summed E-state index contributed by atoms with van der Waals surface area (Å²) in [4.78, 5) is 40.9. The lowest BCUT2D eigenvalue weighted by Gasteiger charge is -2.36. The Morgan fingerprint density at radius 2 is 1.56 bits per heavy atom. The number of rotatable bonds is 6. The van der Waals surface area contributed by atoms with Crippen molar-refractivity contribution in [2.45, 2.75) is 12.8 Å². The summed E-state index contributed by atoms with van der Waals surface area (Å²) in [7, 11) is 0. The first-order valence-electron chi connectivity index (χ1n) is 8.63. The Labute approximate surface area is 146 Å². The van der Waals surface area contributed by atoms with Crippen LogP contribution in [-0.2, 0) is 14.4 Å². The van der Waals surface area contributed by atoms with Gasteiger partial charge in [-0.3, -0.25) is 14.4 Å². The predicted molar refractivity (Wildman–Crippen MR) is 92.2 cm³/mol. The Bertz CT molecular complexity index is 637. The Morgan fingerprint density at radius 1 is 0.960 bits per heavy atom. The molecule has 1 aromatic rings. The van der Waals surface area contributed by atoms with Gasteiger partial charge in [0.1, 0.15) is 6.54 Å². The summed E-state index contributed by atoms with van der Waals surface area (Å²) >= 11 is 0. The summed E-state index contributed by atoms with van der Waals surface area (Å²) in [5.74, 6) is -0.671. The van der Waals surface area contributed by atoms with Gasteiger partial charge in [-0.05, 0) is 25.0 Å². The van der Waals surface area contributed by atoms with Gasteiger partial charge in [0.25, 0.3) is 0 Å². The van der Waals surface area contributed by atoms with Crippen LogP contribution in [0.3, 0.4) is 0 Å². The van der Waals surface area contributed by atoms with Crippen molar-refractivity contribution in [1.29, 1.82) is 0 Å². The molecule has 0 unspecified atom stereocenters. The first kappa shape index (κ1) is 17.3. The summed E-state index contributed by atoms with van der Waals surface area (Å²) in [6.07, 6.45) is 1.97. The number of carbonyl (C=O) groups excluding carboxylic acids is 2. The minimum absolute atomic E-state index is 0.0207. The lowest BCUT2D eigenvalue weighted by molar-refractivity contribution is -0.140. The molecule has 1 aliphatic heterocycles. The maximum atomic E-state index is 12.6. The van der Waals surface area contributed by atoms with Crippen molar-refractivity contribution in [3.8, 4) is 0 Å². The highest BCUT2D eigenvalue weighted by Gasteiger charge is 2.35. The van der Waals surface area contributed by atoms with E-state index in [-0.39, 0.29) is 30.8 Å². The van der Waals surface area contributed by atoms with E-state index in [1.807, 2.05) is 23.1 Å². The van der Waals surface area contributed by atoms with Crippen LogP contribution < -0.4 is 4.90 Å². The summed E-state index contributed by atoms with van der Waals surface area (Å²) < 4.78 is 0. The first-order chi connectivity index (χ1) is 12.0. The number of carbonyl (C=O) groups is 3. The van der Waals surface area contributed by atoms with Gasteiger partial charge in [-0.2, -0.15) is 0 Å². The molecule has 1 saturated heterocycles. The van der Waals surface area contributed by atoms with E-state index in [1.54, 1.807) is 21.9 Å². The number of carboxylic acid groups (broad SMARTS) is 1. The van der Waals surface area contributed by atoms with E-state index < -0.39 is 5.97 Å². The van der Waals surface area contributed by atoms with Crippen LogP contribution in [0.4, 0.5) is 5.69 Å². The van der Waals surface area contributed by atoms with Gasteiger partial charge in [-0.1, -0.05) is 18.2 Å². The van der Waals surface area contributed by atoms with Crippen molar-refractivity contribution in [2.24, 2.45) is 5.92 Å². The Morgan fingerprint density at radius 3 is 2.12 bits per heavy atom. The molecule has 25 heavy (non-hydrogen) atoms. The molecule has 7 heteroatoms. The van der Waals surface area contributed by atoms with Crippen molar-refractivity contribution >= 4 is 23.5 Å². The van der Waals surface area contributed by atoms with E-state index in [0.29, 0.717) is 31.9 Å². The normalized spacial score (nSPS) is 17.3. The zero-order chi connectivity index (χ0) is 17.8. The van der Waals surface area contributed by atoms with E-state index in [1.165, 1.54) is 0 Å². The molecule has 134 valence electrons. The van der Waals surface area contributed by atoms with E-state index in [0.717, 1.165) is 12.8 Å². The van der Waals surface area contributed by atoms with Gasteiger partial charge in [0.15, 0.2) is 0 Å². The number of anilines is 1. The number of hydrogen-bond donors (Lipinski definition) is 1. The summed E-state index contributed by atoms with van der Waals surface area (Å²) in [6.45, 7) is 1.93. The molecule has 3 rings (SSSR count). The van der Waals surface area contributed by atoms with Gasteiger partial charge in [-0.25, -0.2) is 0 Å². The van der Waals surface area contributed by atoms with Gasteiger partial charge in [0.2, 0.25) is 11.8 Å². The molecule has 1 aromatic carbocycles. The van der Waals surface area contributed by atoms with Crippen molar-refractivity contribution in [1.82, 2.24) is 9.80 Å². The lowest BCUT2D eigenvalue weighted by Crippen LogP contribution is -2.53. The zero-order valence-corrected chi connectivity index (χ0v) is 14.1. The summed E-state index contributed by atoms with van der Waals surface area (Å²) in [5.41, 5.74) is 0.709. The van der Waals surface area contributed by atoms with Gasteiger partial charge in [-0.15, -0.1) is 0 Å². The minimum Gasteiger partial charge on any atom is -0.480 e. The molecule has 0 atom stereocenters. The molecule has 2 fully saturated rings. The fourth-order valence-electron chi connectivity index (χ4n) is 3.07. The smallest absolute Gasteiger partial charge is 0.323 e. The molecule has 0 radical (unpaired) electrons. The number of hydrogen-bond acceptors (Lipinski definition) is 4. The van der Waals surface area contributed by atoms with Gasteiger partial charge < -0.3 is 19.8 Å². The maximum absolute atomic E-state index is 12.6. The van der Waals surface area contributed by atoms with Crippen LogP contribution in [0.2, 0.25) is 0 Å². The largest absolute Gasteiger partial charge is 0.480 e. The van der Waals surface area contributed by atoms with Crippen LogP contribution in [0, 0.1) is 5.92 Å². The molecule has 7 nitrogen and oxygen atoms in total. The summed E-state index contributed by atoms with van der Waals surface area (Å²) in [6, 6.07) is 9.07. The Kier molecular flexibility index (Phi) is 5.21. The fourth-order valence-corrected chi connectivity index (χ4v) is 3.07. The van der Waals surface area contributed by atoms with Crippen molar-refractivity contribution in [3.63, 3.8) is 0 Å². The second-order valence-corrected chi connectivity index (χ2v) is 6.57. The average molecular weight is 345 g/mol. The second kappa shape index (κ2) is 7.55. The highest BCUT2D eigenvalue weighted by Crippen LogP contribution is 2.31. The number of benzene rings is 1. The lowest BCUT2D eigenvalue weighted by atomic mass is 10.2. The van der Waals surface area contributed by atoms with Crippen LogP contribution in [0.5, 0.6) is 0 Å².